The molecule has 0 saturated carbocycles. The highest BCUT2D eigenvalue weighted by atomic mass is 35.5. The van der Waals surface area contributed by atoms with Crippen LogP contribution in [0, 0.1) is 0 Å². The third-order valence-corrected chi connectivity index (χ3v) is 3.23. The van der Waals surface area contributed by atoms with Gasteiger partial charge < -0.3 is 20.1 Å². The Morgan fingerprint density at radius 3 is 2.31 bits per heavy atom. The van der Waals surface area contributed by atoms with Crippen molar-refractivity contribution in [2.45, 2.75) is 28.7 Å². The minimum Gasteiger partial charge on any atom is -0.394 e. The molecule has 1 heterocycles. The molecular weight excluding hydrogens is 284 g/mol. The molecule has 0 aromatic heterocycles. The smallest absolute Gasteiger partial charge is 0.273 e. The fourth-order valence-electron chi connectivity index (χ4n) is 1.39. The van der Waals surface area contributed by atoms with Crippen LogP contribution in [0.3, 0.4) is 0 Å². The molecule has 4 atom stereocenters. The molecule has 0 aromatic carbocycles. The lowest BCUT2D eigenvalue weighted by atomic mass is 10.1. The highest BCUT2D eigenvalue weighted by Crippen LogP contribution is 2.36. The highest BCUT2D eigenvalue weighted by molar-refractivity contribution is 6.59. The van der Waals surface area contributed by atoms with Crippen LogP contribution in [0.15, 0.2) is 0 Å². The van der Waals surface area contributed by atoms with E-state index in [0.717, 1.165) is 0 Å². The number of amides is 1. The van der Waals surface area contributed by atoms with E-state index in [-0.39, 0.29) is 0 Å². The van der Waals surface area contributed by atoms with Gasteiger partial charge in [-0.25, -0.2) is 0 Å². The molecule has 1 amide bonds. The average Bonchev–Trinajstić information content (AvgIpc) is 2.55. The molecule has 0 spiro atoms. The first-order valence-corrected chi connectivity index (χ1v) is 5.41. The Labute approximate surface area is 106 Å². The first-order chi connectivity index (χ1) is 7.36. The predicted octanol–water partition coefficient (Wildman–Crippen LogP) is -1.09. The molecule has 94 valence electrons. The number of hydrogen-bond acceptors (Lipinski definition) is 5. The quantitative estimate of drug-likeness (QED) is 0.392. The number of aliphatic hydroxyl groups excluding tert-OH is 3. The van der Waals surface area contributed by atoms with Gasteiger partial charge in [0.05, 0.1) is 6.61 Å². The lowest BCUT2D eigenvalue weighted by Crippen LogP contribution is -2.49. The molecule has 0 unspecified atom stereocenters. The topological polar surface area (TPSA) is 99.0 Å². The van der Waals surface area contributed by atoms with Crippen molar-refractivity contribution in [2.75, 3.05) is 6.61 Å². The minimum absolute atomic E-state index is 0.541. The first-order valence-electron chi connectivity index (χ1n) is 4.27. The lowest BCUT2D eigenvalue weighted by Gasteiger charge is -2.25. The van der Waals surface area contributed by atoms with E-state index < -0.39 is 41.3 Å². The zero-order valence-electron chi connectivity index (χ0n) is 7.81. The number of alkyl halides is 2. The maximum atomic E-state index is 11.2. The van der Waals surface area contributed by atoms with Crippen molar-refractivity contribution >= 4 is 40.9 Å². The Bertz CT molecular complexity index is 277. The number of nitrogens with one attached hydrogen (secondary N) is 1. The minimum atomic E-state index is -2.16. The number of hydrogen-bond donors (Lipinski definition) is 4. The van der Waals surface area contributed by atoms with Gasteiger partial charge in [0.1, 0.15) is 24.4 Å². The van der Waals surface area contributed by atoms with Crippen LogP contribution in [0.4, 0.5) is 0 Å². The van der Waals surface area contributed by atoms with Gasteiger partial charge in [-0.15, -0.1) is 0 Å². The van der Waals surface area contributed by atoms with E-state index in [4.69, 9.17) is 44.8 Å². The molecule has 1 aliphatic heterocycles. The maximum Gasteiger partial charge on any atom is 0.273 e. The second-order valence-electron chi connectivity index (χ2n) is 3.31. The summed E-state index contributed by atoms with van der Waals surface area (Å²) < 4.78 is 2.83. The number of ether oxygens (including phenoxy) is 1. The van der Waals surface area contributed by atoms with Crippen LogP contribution >= 0.6 is 35.0 Å². The fourth-order valence-corrected chi connectivity index (χ4v) is 2.09. The third kappa shape index (κ3) is 2.38. The van der Waals surface area contributed by atoms with Crippen LogP contribution in [-0.4, -0.2) is 56.6 Å². The van der Waals surface area contributed by atoms with Crippen molar-refractivity contribution in [3.05, 3.63) is 0 Å². The van der Waals surface area contributed by atoms with Crippen molar-refractivity contribution in [1.29, 1.82) is 0 Å². The molecule has 4 N–H and O–H groups in total. The summed E-state index contributed by atoms with van der Waals surface area (Å²) >= 11 is 16.4. The monoisotopic (exact) mass is 293 g/mol. The number of carbonyl (C=O) groups is 1. The van der Waals surface area contributed by atoms with Crippen molar-refractivity contribution in [3.63, 3.8) is 0 Å². The van der Waals surface area contributed by atoms with Crippen molar-refractivity contribution < 1.29 is 24.9 Å². The highest BCUT2D eigenvalue weighted by Gasteiger charge is 2.55. The van der Waals surface area contributed by atoms with Crippen LogP contribution in [0.5, 0.6) is 0 Å². The number of halogens is 3. The molecule has 1 saturated heterocycles. The van der Waals surface area contributed by atoms with Crippen LogP contribution in [0.2, 0.25) is 0 Å². The molecule has 0 radical (unpaired) electrons. The van der Waals surface area contributed by atoms with E-state index in [0.29, 0.717) is 0 Å². The molecule has 0 aliphatic carbocycles. The van der Waals surface area contributed by atoms with Crippen molar-refractivity contribution in [1.82, 2.24) is 4.84 Å². The number of aliphatic hydroxyl groups is 3. The summed E-state index contributed by atoms with van der Waals surface area (Å²) in [5.74, 6) is -0.993. The van der Waals surface area contributed by atoms with Gasteiger partial charge in [-0.05, 0) is 0 Å². The predicted molar refractivity (Wildman–Crippen MR) is 56.2 cm³/mol. The molecule has 0 bridgehead atoms. The second-order valence-corrected chi connectivity index (χ2v) is 4.88. The van der Waals surface area contributed by atoms with Gasteiger partial charge in [-0.1, -0.05) is 23.2 Å². The van der Waals surface area contributed by atoms with E-state index in [1.807, 2.05) is 0 Å². The van der Waals surface area contributed by atoms with Crippen molar-refractivity contribution in [2.24, 2.45) is 0 Å². The van der Waals surface area contributed by atoms with E-state index in [1.54, 1.807) is 4.84 Å². The molecule has 9 heteroatoms. The van der Waals surface area contributed by atoms with Crippen LogP contribution in [0.1, 0.15) is 0 Å². The van der Waals surface area contributed by atoms with Gasteiger partial charge >= 0.3 is 0 Å². The molecule has 1 aliphatic rings. The standard InChI is InChI=1S/C7H10Cl3NO5/c8-7(9,6(15)11-10)5-4(14)3(13)2(1-12)16-5/h2-5,12-14H,1H2,(H,11,15)/t2-,3-,4-,5-/m1/s1. The zero-order chi connectivity index (χ0) is 12.5. The Balaban J connectivity index is 2.86. The Hall–Kier alpha value is 0.180. The van der Waals surface area contributed by atoms with Crippen LogP contribution < -0.4 is 4.84 Å². The molecule has 1 rings (SSSR count). The van der Waals surface area contributed by atoms with Gasteiger partial charge in [0, 0.05) is 11.8 Å². The van der Waals surface area contributed by atoms with E-state index in [1.165, 1.54) is 0 Å². The first kappa shape index (κ1) is 14.2. The largest absolute Gasteiger partial charge is 0.394 e. The molecular formula is C7H10Cl3NO5. The summed E-state index contributed by atoms with van der Waals surface area (Å²) in [5.41, 5.74) is 0. The summed E-state index contributed by atoms with van der Waals surface area (Å²) in [5, 5.41) is 27.8. The zero-order valence-corrected chi connectivity index (χ0v) is 10.1. The number of carbonyl (C=O) groups excluding carboxylic acids is 1. The van der Waals surface area contributed by atoms with Gasteiger partial charge in [-0.2, -0.15) is 0 Å². The Kier molecular flexibility index (Phi) is 4.65. The van der Waals surface area contributed by atoms with Gasteiger partial charge in [0.25, 0.3) is 5.91 Å². The SMILES string of the molecule is O=C(NCl)C(Cl)(Cl)[C@@H]1O[C@H](CO)[C@@H](O)[C@H]1O. The average molecular weight is 295 g/mol. The van der Waals surface area contributed by atoms with E-state index in [9.17, 15) is 15.0 Å². The fraction of sp³-hybridized carbons (Fsp3) is 0.857. The van der Waals surface area contributed by atoms with Gasteiger partial charge in [0.2, 0.25) is 4.33 Å². The maximum absolute atomic E-state index is 11.2. The molecule has 1 fully saturated rings. The lowest BCUT2D eigenvalue weighted by molar-refractivity contribution is -0.124. The van der Waals surface area contributed by atoms with E-state index in [2.05, 4.69) is 0 Å². The van der Waals surface area contributed by atoms with E-state index >= 15 is 0 Å². The summed E-state index contributed by atoms with van der Waals surface area (Å²) in [4.78, 5) is 12.9. The van der Waals surface area contributed by atoms with Gasteiger partial charge in [-0.3, -0.25) is 9.63 Å². The Morgan fingerprint density at radius 1 is 1.38 bits per heavy atom. The van der Waals surface area contributed by atoms with Crippen molar-refractivity contribution in [3.8, 4) is 0 Å². The van der Waals surface area contributed by atoms with Crippen LogP contribution in [-0.2, 0) is 9.53 Å². The second kappa shape index (κ2) is 5.22. The molecule has 16 heavy (non-hydrogen) atoms. The normalized spacial score (nSPS) is 35.1. The molecule has 6 nitrogen and oxygen atoms in total. The summed E-state index contributed by atoms with van der Waals surface area (Å²) in [6.45, 7) is -0.541. The summed E-state index contributed by atoms with van der Waals surface area (Å²) in [6, 6.07) is 0. The summed E-state index contributed by atoms with van der Waals surface area (Å²) in [7, 11) is 0. The molecule has 0 aromatic rings. The third-order valence-electron chi connectivity index (χ3n) is 2.29. The number of rotatable bonds is 3. The summed E-state index contributed by atoms with van der Waals surface area (Å²) in [6.07, 6.45) is -5.32. The Morgan fingerprint density at radius 2 is 1.94 bits per heavy atom. The van der Waals surface area contributed by atoms with Crippen LogP contribution in [0.25, 0.3) is 0 Å². The van der Waals surface area contributed by atoms with Gasteiger partial charge in [0.15, 0.2) is 0 Å².